The smallest absolute Gasteiger partial charge is 0.339 e. The largest absolute Gasteiger partial charge is 0.396 e. The van der Waals surface area contributed by atoms with E-state index in [9.17, 15) is 41.9 Å². The molecule has 412 valence electrons. The van der Waals surface area contributed by atoms with Crippen molar-refractivity contribution in [3.8, 4) is 11.5 Å². The van der Waals surface area contributed by atoms with Crippen LogP contribution in [0, 0.1) is 46.3 Å². The Kier molecular flexibility index (Phi) is 17.2. The predicted molar refractivity (Wildman–Crippen MR) is 304 cm³/mol. The first-order valence-corrected chi connectivity index (χ1v) is 30.9. The van der Waals surface area contributed by atoms with Crippen LogP contribution in [0.15, 0.2) is 153 Å². The van der Waals surface area contributed by atoms with Gasteiger partial charge in [0.25, 0.3) is 17.0 Å². The first-order valence-electron chi connectivity index (χ1n) is 25.9. The lowest BCUT2D eigenvalue weighted by Crippen LogP contribution is -2.63. The van der Waals surface area contributed by atoms with E-state index in [0.717, 1.165) is 46.6 Å². The van der Waals surface area contributed by atoms with Crippen LogP contribution in [0.3, 0.4) is 0 Å². The first kappa shape index (κ1) is 57.0. The SMILES string of the molecule is CC1(C)[C@H]2C[C@H](CCO)[C@@H](N=C(OO)c3ccccc3)[C@@H]1C2.CC1(C)[C@H]2C[C@H](CCO)[C@@H](NC(=O)c3csc4ccc(OS(=O)(=O)c5ccccc5)cc34)[C@@H]1C2.O=C(Cl)c1csc2ccc(OS(=O)(=O)c3ccccc3)cc12. The van der Waals surface area contributed by atoms with Crippen LogP contribution in [-0.2, 0) is 25.1 Å². The van der Waals surface area contributed by atoms with Gasteiger partial charge >= 0.3 is 20.2 Å². The van der Waals surface area contributed by atoms with Crippen molar-refractivity contribution in [1.82, 2.24) is 5.32 Å². The number of halogens is 1. The standard InChI is InChI=1S/C26H29NO5S2.C18H25NO3.C15H9ClO4S2/c1-26(2)17-12-16(10-11-28)24(22(26)13-17)27-25(29)21-15-33-23-9-8-18(14-20(21)23)32-34(30,31)19-6-4-3-5-7-19;1-18(2)14-10-13(8-9-20)16(15(18)11-14)19-17(22-21)12-6-4-3-5-7-12;16-15(17)13-9-21-14-7-6-10(8-12(13)14)20-22(18,19)11-4-2-1-3-5-11/h3-9,14-17,22,24,28H,10-13H2,1-2H3,(H,27,29);3-7,13-16,20-21H,8-11H2,1-2H3;1-9H/t16-,17-,22-,24+;13-,14-,15-,16+;/m00./s1. The minimum absolute atomic E-state index is 0.0208. The van der Waals surface area contributed by atoms with Crippen LogP contribution in [0.5, 0.6) is 11.5 Å². The molecule has 1 amide bonds. The van der Waals surface area contributed by atoms with Gasteiger partial charge in [-0.05, 0) is 169 Å². The summed E-state index contributed by atoms with van der Waals surface area (Å²) in [6.07, 6.45) is 5.88. The highest BCUT2D eigenvalue weighted by molar-refractivity contribution is 7.87. The molecule has 7 aromatic rings. The first-order chi connectivity index (χ1) is 37.2. The summed E-state index contributed by atoms with van der Waals surface area (Å²) in [5, 5.41) is 35.6. The molecular weight excluding hydrogens is 1090 g/mol. The third-order valence-electron chi connectivity index (χ3n) is 16.8. The highest BCUT2D eigenvalue weighted by atomic mass is 35.5. The molecule has 0 unspecified atom stereocenters. The number of fused-ring (bicyclic) bond motifs is 6. The summed E-state index contributed by atoms with van der Waals surface area (Å²) >= 11 is 8.31. The summed E-state index contributed by atoms with van der Waals surface area (Å²) in [4.78, 5) is 34.3. The zero-order chi connectivity index (χ0) is 55.6. The molecule has 0 radical (unpaired) electrons. The summed E-state index contributed by atoms with van der Waals surface area (Å²) in [6.45, 7) is 9.48. The average Bonchev–Trinajstić information content (AvgIpc) is 4.18. The molecule has 6 fully saturated rings. The summed E-state index contributed by atoms with van der Waals surface area (Å²) in [6, 6.07) is 35.2. The summed E-state index contributed by atoms with van der Waals surface area (Å²) < 4.78 is 61.8. The Bertz CT molecular complexity index is 3520. The van der Waals surface area contributed by atoms with Crippen LogP contribution in [0.1, 0.15) is 92.5 Å². The molecule has 0 saturated heterocycles. The minimum atomic E-state index is -3.97. The molecule has 0 spiro atoms. The fourth-order valence-electron chi connectivity index (χ4n) is 12.2. The molecular formula is C59H63ClN2O12S4. The van der Waals surface area contributed by atoms with Crippen LogP contribution in [0.4, 0.5) is 0 Å². The lowest BCUT2D eigenvalue weighted by Gasteiger charge is -2.62. The monoisotopic (exact) mass is 1150 g/mol. The molecule has 13 rings (SSSR count). The van der Waals surface area contributed by atoms with Crippen molar-refractivity contribution in [3.05, 3.63) is 155 Å². The number of aliphatic hydroxyl groups is 2. The van der Waals surface area contributed by atoms with E-state index in [0.29, 0.717) is 52.0 Å². The highest BCUT2D eigenvalue weighted by Crippen LogP contribution is 2.63. The van der Waals surface area contributed by atoms with E-state index < -0.39 is 25.5 Å². The van der Waals surface area contributed by atoms with Crippen LogP contribution in [-0.4, -0.2) is 74.7 Å². The Morgan fingerprint density at radius 3 is 1.59 bits per heavy atom. The number of carbonyl (C=O) groups is 2. The fourth-order valence-corrected chi connectivity index (χ4v) is 16.1. The lowest BCUT2D eigenvalue weighted by atomic mass is 9.44. The molecule has 78 heavy (non-hydrogen) atoms. The maximum absolute atomic E-state index is 13.4. The van der Waals surface area contributed by atoms with Gasteiger partial charge in [0.05, 0.1) is 17.2 Å². The van der Waals surface area contributed by atoms with Crippen LogP contribution in [0.25, 0.3) is 20.2 Å². The molecule has 5 aromatic carbocycles. The normalized spacial score (nSPS) is 23.7. The summed E-state index contributed by atoms with van der Waals surface area (Å²) in [5.74, 6) is 3.34. The van der Waals surface area contributed by atoms with Gasteiger partial charge in [0.1, 0.15) is 21.3 Å². The molecule has 19 heteroatoms. The third kappa shape index (κ3) is 11.9. The maximum atomic E-state index is 13.4. The zero-order valence-corrected chi connectivity index (χ0v) is 47.6. The highest BCUT2D eigenvalue weighted by Gasteiger charge is 2.59. The Morgan fingerprint density at radius 1 is 0.641 bits per heavy atom. The summed E-state index contributed by atoms with van der Waals surface area (Å²) in [7, 11) is -7.88. The molecule has 0 aliphatic heterocycles. The number of hydrogen-bond donors (Lipinski definition) is 4. The van der Waals surface area contributed by atoms with Gasteiger partial charge in [0, 0.05) is 55.8 Å². The second-order valence-corrected chi connectivity index (χ2v) is 27.0. The molecule has 14 nitrogen and oxygen atoms in total. The number of nitrogens with one attached hydrogen (secondary N) is 1. The zero-order valence-electron chi connectivity index (χ0n) is 43.5. The molecule has 2 aromatic heterocycles. The van der Waals surface area contributed by atoms with Gasteiger partial charge in [0.15, 0.2) is 0 Å². The second-order valence-electron chi connectivity index (χ2n) is 21.7. The Balaban J connectivity index is 0.000000148. The van der Waals surface area contributed by atoms with Gasteiger partial charge in [-0.3, -0.25) is 9.59 Å². The van der Waals surface area contributed by atoms with Crippen LogP contribution < -0.4 is 13.7 Å². The molecule has 6 aliphatic rings. The lowest BCUT2D eigenvalue weighted by molar-refractivity contribution is -0.156. The van der Waals surface area contributed by atoms with Crippen molar-refractivity contribution < 1.29 is 55.1 Å². The predicted octanol–water partition coefficient (Wildman–Crippen LogP) is 12.2. The minimum Gasteiger partial charge on any atom is -0.396 e. The van der Waals surface area contributed by atoms with Gasteiger partial charge in [-0.2, -0.15) is 16.8 Å². The third-order valence-corrected chi connectivity index (χ3v) is 21.5. The number of rotatable bonds is 15. The van der Waals surface area contributed by atoms with Crippen molar-refractivity contribution in [1.29, 1.82) is 0 Å². The molecule has 4 N–H and O–H groups in total. The molecule has 6 aliphatic carbocycles. The Labute approximate surface area is 468 Å². The number of aliphatic hydroxyl groups excluding tert-OH is 2. The van der Waals surface area contributed by atoms with E-state index in [1.54, 1.807) is 72.1 Å². The molecule has 8 atom stereocenters. The van der Waals surface area contributed by atoms with Gasteiger partial charge in [-0.25, -0.2) is 10.2 Å². The number of hydrogen-bond acceptors (Lipinski definition) is 15. The summed E-state index contributed by atoms with van der Waals surface area (Å²) in [5.41, 5.74) is 2.12. The van der Waals surface area contributed by atoms with E-state index in [-0.39, 0.29) is 75.1 Å². The van der Waals surface area contributed by atoms with Crippen molar-refractivity contribution in [3.63, 3.8) is 0 Å². The number of carbonyl (C=O) groups excluding carboxylic acids is 2. The molecule has 2 heterocycles. The van der Waals surface area contributed by atoms with Gasteiger partial charge in [-0.1, -0.05) is 82.3 Å². The van der Waals surface area contributed by atoms with Crippen LogP contribution >= 0.6 is 34.3 Å². The van der Waals surface area contributed by atoms with E-state index in [4.69, 9.17) is 25.0 Å². The van der Waals surface area contributed by atoms with Gasteiger partial charge in [-0.15, -0.1) is 22.7 Å². The van der Waals surface area contributed by atoms with E-state index in [1.807, 2.05) is 35.7 Å². The maximum Gasteiger partial charge on any atom is 0.339 e. The average molecular weight is 1160 g/mol. The van der Waals surface area contributed by atoms with Crippen molar-refractivity contribution >= 4 is 91.7 Å². The fraction of sp³-hybridized carbons (Fsp3) is 0.373. The van der Waals surface area contributed by atoms with Gasteiger partial charge < -0.3 is 28.8 Å². The Hall–Kier alpha value is -5.70. The second kappa shape index (κ2) is 23.6. The number of aliphatic imine (C=N–C) groups is 1. The topological polar surface area (TPSA) is 215 Å². The molecule has 4 bridgehead atoms. The number of benzene rings is 5. The van der Waals surface area contributed by atoms with Gasteiger partial charge in [0.2, 0.25) is 0 Å². The number of amides is 1. The number of nitrogens with zero attached hydrogens (tertiary/aromatic N) is 1. The quantitative estimate of drug-likeness (QED) is 0.0188. The van der Waals surface area contributed by atoms with E-state index >= 15 is 0 Å². The number of thiophene rings is 2. The Morgan fingerprint density at radius 2 is 1.10 bits per heavy atom. The van der Waals surface area contributed by atoms with Crippen molar-refractivity contribution in [2.45, 2.75) is 88.1 Å². The van der Waals surface area contributed by atoms with Crippen molar-refractivity contribution in [2.75, 3.05) is 13.2 Å². The van der Waals surface area contributed by atoms with E-state index in [2.05, 4.69) is 37.9 Å². The molecule has 6 saturated carbocycles. The van der Waals surface area contributed by atoms with Crippen LogP contribution in [0.2, 0.25) is 0 Å². The van der Waals surface area contributed by atoms with E-state index in [1.165, 1.54) is 59.4 Å². The van der Waals surface area contributed by atoms with Crippen molar-refractivity contribution in [2.24, 2.45) is 51.3 Å².